The molecule has 0 saturated heterocycles. The van der Waals surface area contributed by atoms with Crippen LogP contribution in [-0.2, 0) is 0 Å². The molecule has 1 aromatic heterocycles. The first-order chi connectivity index (χ1) is 12.2. The van der Waals surface area contributed by atoms with Crippen LogP contribution in [0.15, 0.2) is 75.9 Å². The van der Waals surface area contributed by atoms with Gasteiger partial charge in [0.25, 0.3) is 0 Å². The largest absolute Gasteiger partial charge is 0.496 e. The molecule has 4 aromatic rings. The first-order valence-electron chi connectivity index (χ1n) is 8.02. The van der Waals surface area contributed by atoms with E-state index in [1.54, 1.807) is 13.2 Å². The quantitative estimate of drug-likeness (QED) is 0.387. The van der Waals surface area contributed by atoms with Crippen molar-refractivity contribution in [3.63, 3.8) is 0 Å². The summed E-state index contributed by atoms with van der Waals surface area (Å²) in [6, 6.07) is 21.7. The van der Waals surface area contributed by atoms with Gasteiger partial charge in [0.1, 0.15) is 11.3 Å². The Balaban J connectivity index is 1.72. The van der Waals surface area contributed by atoms with E-state index in [1.165, 1.54) is 16.8 Å². The van der Waals surface area contributed by atoms with E-state index >= 15 is 0 Å². The molecule has 0 atom stereocenters. The molecule has 0 fully saturated rings. The van der Waals surface area contributed by atoms with E-state index in [1.807, 2.05) is 30.3 Å². The summed E-state index contributed by atoms with van der Waals surface area (Å²) in [5.41, 5.74) is 2.24. The zero-order chi connectivity index (χ0) is 17.2. The van der Waals surface area contributed by atoms with Crippen LogP contribution in [0.25, 0.3) is 33.9 Å². The Morgan fingerprint density at radius 1 is 0.840 bits per heavy atom. The fourth-order valence-electron chi connectivity index (χ4n) is 2.93. The second-order valence-electron chi connectivity index (χ2n) is 5.83. The van der Waals surface area contributed by atoms with Gasteiger partial charge in [-0.05, 0) is 40.1 Å². The Hall–Kier alpha value is -3.33. The molecule has 0 amide bonds. The van der Waals surface area contributed by atoms with Crippen molar-refractivity contribution >= 4 is 33.9 Å². The number of benzene rings is 3. The van der Waals surface area contributed by atoms with Gasteiger partial charge in [0.05, 0.1) is 18.6 Å². The average Bonchev–Trinajstić information content (AvgIpc) is 2.65. The van der Waals surface area contributed by atoms with Gasteiger partial charge in [-0.25, -0.2) is 4.79 Å². The third-order valence-corrected chi connectivity index (χ3v) is 4.19. The monoisotopic (exact) mass is 328 g/mol. The molecular formula is C22H16O3. The van der Waals surface area contributed by atoms with Crippen LogP contribution < -0.4 is 10.4 Å². The Kier molecular flexibility index (Phi) is 3.82. The van der Waals surface area contributed by atoms with E-state index < -0.39 is 5.63 Å². The van der Waals surface area contributed by atoms with Gasteiger partial charge in [-0.1, -0.05) is 54.6 Å². The molecule has 4 rings (SSSR count). The lowest BCUT2D eigenvalue weighted by Crippen LogP contribution is -1.98. The highest BCUT2D eigenvalue weighted by atomic mass is 16.5. The number of hydrogen-bond acceptors (Lipinski definition) is 3. The highest BCUT2D eigenvalue weighted by Gasteiger charge is 2.06. The molecule has 122 valence electrons. The van der Waals surface area contributed by atoms with Gasteiger partial charge in [-0.3, -0.25) is 0 Å². The van der Waals surface area contributed by atoms with Gasteiger partial charge >= 0.3 is 5.63 Å². The summed E-state index contributed by atoms with van der Waals surface area (Å²) in [4.78, 5) is 11.5. The van der Waals surface area contributed by atoms with Crippen molar-refractivity contribution in [3.05, 3.63) is 88.3 Å². The molecule has 0 N–H and O–H groups in total. The van der Waals surface area contributed by atoms with E-state index in [0.717, 1.165) is 16.5 Å². The van der Waals surface area contributed by atoms with Crippen LogP contribution >= 0.6 is 0 Å². The molecule has 0 bridgehead atoms. The highest BCUT2D eigenvalue weighted by molar-refractivity contribution is 5.88. The maximum Gasteiger partial charge on any atom is 0.339 e. The molecule has 0 aliphatic carbocycles. The van der Waals surface area contributed by atoms with Crippen molar-refractivity contribution in [2.45, 2.75) is 0 Å². The van der Waals surface area contributed by atoms with Gasteiger partial charge in [0, 0.05) is 0 Å². The Labute approximate surface area is 144 Å². The lowest BCUT2D eigenvalue weighted by atomic mass is 10.1. The lowest BCUT2D eigenvalue weighted by Gasteiger charge is -2.04. The minimum Gasteiger partial charge on any atom is -0.496 e. The zero-order valence-corrected chi connectivity index (χ0v) is 13.7. The normalized spacial score (nSPS) is 11.4. The predicted molar refractivity (Wildman–Crippen MR) is 102 cm³/mol. The highest BCUT2D eigenvalue weighted by Crippen LogP contribution is 2.25. The summed E-state index contributed by atoms with van der Waals surface area (Å²) in [5.74, 6) is 0.521. The van der Waals surface area contributed by atoms with Crippen molar-refractivity contribution < 1.29 is 9.15 Å². The van der Waals surface area contributed by atoms with Gasteiger partial charge in [0.15, 0.2) is 0 Å². The summed E-state index contributed by atoms with van der Waals surface area (Å²) in [6.45, 7) is 0. The molecule has 1 heterocycles. The molecule has 0 spiro atoms. The summed E-state index contributed by atoms with van der Waals surface area (Å²) in [6.07, 6.45) is 4.10. The van der Waals surface area contributed by atoms with Crippen LogP contribution in [0, 0.1) is 0 Å². The first kappa shape index (κ1) is 15.2. The molecule has 25 heavy (non-hydrogen) atoms. The van der Waals surface area contributed by atoms with Crippen molar-refractivity contribution in [3.8, 4) is 5.75 Å². The van der Waals surface area contributed by atoms with E-state index in [-0.39, 0.29) is 0 Å². The summed E-state index contributed by atoms with van der Waals surface area (Å²) in [7, 11) is 1.55. The Bertz CT molecular complexity index is 1150. The molecule has 3 aromatic carbocycles. The minimum atomic E-state index is -0.413. The van der Waals surface area contributed by atoms with Gasteiger partial charge in [-0.2, -0.15) is 0 Å². The van der Waals surface area contributed by atoms with Crippen LogP contribution in [0.2, 0.25) is 0 Å². The number of methoxy groups -OCH3 is 1. The van der Waals surface area contributed by atoms with Crippen molar-refractivity contribution in [2.75, 3.05) is 7.11 Å². The molecule has 0 aliphatic rings. The summed E-state index contributed by atoms with van der Waals surface area (Å²) < 4.78 is 10.5. The first-order valence-corrected chi connectivity index (χ1v) is 8.02. The van der Waals surface area contributed by atoms with Crippen LogP contribution in [0.4, 0.5) is 0 Å². The maximum absolute atomic E-state index is 11.5. The molecule has 0 radical (unpaired) electrons. The fraction of sp³-hybridized carbons (Fsp3) is 0.0455. The minimum absolute atomic E-state index is 0.413. The second-order valence-corrected chi connectivity index (χ2v) is 5.83. The number of fused-ring (bicyclic) bond motifs is 2. The maximum atomic E-state index is 11.5. The molecule has 0 aliphatic heterocycles. The summed E-state index contributed by atoms with van der Waals surface area (Å²) in [5, 5.41) is 3.22. The Morgan fingerprint density at radius 2 is 1.56 bits per heavy atom. The van der Waals surface area contributed by atoms with Crippen molar-refractivity contribution in [2.24, 2.45) is 0 Å². The van der Waals surface area contributed by atoms with Crippen LogP contribution in [0.3, 0.4) is 0 Å². The van der Waals surface area contributed by atoms with E-state index in [4.69, 9.17) is 9.15 Å². The lowest BCUT2D eigenvalue weighted by molar-refractivity contribution is 0.413. The molecule has 0 saturated carbocycles. The van der Waals surface area contributed by atoms with Gasteiger partial charge in [-0.15, -0.1) is 0 Å². The molecule has 3 nitrogen and oxygen atoms in total. The van der Waals surface area contributed by atoms with E-state index in [0.29, 0.717) is 11.3 Å². The number of rotatable bonds is 3. The average molecular weight is 328 g/mol. The number of hydrogen-bond donors (Lipinski definition) is 0. The molecule has 0 unspecified atom stereocenters. The van der Waals surface area contributed by atoms with E-state index in [9.17, 15) is 4.79 Å². The van der Waals surface area contributed by atoms with Gasteiger partial charge < -0.3 is 9.15 Å². The topological polar surface area (TPSA) is 39.4 Å². The smallest absolute Gasteiger partial charge is 0.339 e. The third-order valence-electron chi connectivity index (χ3n) is 4.19. The number of ether oxygens (including phenoxy) is 1. The Morgan fingerprint density at radius 3 is 2.36 bits per heavy atom. The zero-order valence-electron chi connectivity index (χ0n) is 13.7. The van der Waals surface area contributed by atoms with Crippen LogP contribution in [0.1, 0.15) is 11.1 Å². The van der Waals surface area contributed by atoms with E-state index in [2.05, 4.69) is 36.4 Å². The SMILES string of the molecule is COc1cc(=O)oc2ccc(/C=C/c3ccc4ccccc4c3)cc12. The molecule has 3 heteroatoms. The van der Waals surface area contributed by atoms with Gasteiger partial charge in [0.2, 0.25) is 0 Å². The van der Waals surface area contributed by atoms with Crippen LogP contribution in [-0.4, -0.2) is 7.11 Å². The summed E-state index contributed by atoms with van der Waals surface area (Å²) >= 11 is 0. The second kappa shape index (κ2) is 6.29. The molecular weight excluding hydrogens is 312 g/mol. The van der Waals surface area contributed by atoms with Crippen molar-refractivity contribution in [1.29, 1.82) is 0 Å². The predicted octanol–water partition coefficient (Wildman–Crippen LogP) is 5.13. The van der Waals surface area contributed by atoms with Crippen molar-refractivity contribution in [1.82, 2.24) is 0 Å². The fourth-order valence-corrected chi connectivity index (χ4v) is 2.93. The third kappa shape index (κ3) is 3.04. The van der Waals surface area contributed by atoms with Crippen LogP contribution in [0.5, 0.6) is 5.75 Å². The standard InChI is InChI=1S/C22H16O3/c1-24-21-14-22(23)25-20-11-9-16(13-19(20)21)7-6-15-8-10-17-4-2-3-5-18(17)12-15/h2-14H,1H3/b7-6+.